The van der Waals surface area contributed by atoms with Gasteiger partial charge in [-0.2, -0.15) is 0 Å². The van der Waals surface area contributed by atoms with Gasteiger partial charge in [0, 0.05) is 29.6 Å². The Balaban J connectivity index is 1.68. The van der Waals surface area contributed by atoms with Crippen LogP contribution in [0.4, 0.5) is 5.69 Å². The quantitative estimate of drug-likeness (QED) is 0.492. The minimum atomic E-state index is -0.974. The highest BCUT2D eigenvalue weighted by molar-refractivity contribution is 6.30. The zero-order valence-electron chi connectivity index (χ0n) is 16.9. The third-order valence-electron chi connectivity index (χ3n) is 4.93. The number of carbonyl (C=O) groups is 3. The highest BCUT2D eigenvalue weighted by Crippen LogP contribution is 2.36. The molecule has 0 N–H and O–H groups in total. The summed E-state index contributed by atoms with van der Waals surface area (Å²) >= 11 is 5.83. The van der Waals surface area contributed by atoms with E-state index in [1.54, 1.807) is 42.5 Å². The molecule has 1 fully saturated rings. The third-order valence-corrected chi connectivity index (χ3v) is 5.18. The summed E-state index contributed by atoms with van der Waals surface area (Å²) in [6.07, 6.45) is -0.978. The molecular weight excluding hydrogens is 410 g/mol. The minimum absolute atomic E-state index is 0.00410. The highest BCUT2D eigenvalue weighted by atomic mass is 35.5. The molecule has 0 saturated carbocycles. The fourth-order valence-corrected chi connectivity index (χ4v) is 3.41. The molecule has 0 bridgehead atoms. The van der Waals surface area contributed by atoms with Gasteiger partial charge in [-0.1, -0.05) is 11.6 Å². The number of esters is 1. The smallest absolute Gasteiger partial charge is 0.312 e. The normalized spacial score (nSPS) is 16.9. The van der Waals surface area contributed by atoms with Crippen molar-refractivity contribution < 1.29 is 28.6 Å². The first-order chi connectivity index (χ1) is 14.3. The number of Topliss-reactive ketones (excluding diaryl/α,β-unsaturated/α-hetero) is 1. The van der Waals surface area contributed by atoms with Crippen LogP contribution in [0.2, 0.25) is 5.02 Å². The van der Waals surface area contributed by atoms with Gasteiger partial charge >= 0.3 is 5.97 Å². The Morgan fingerprint density at radius 1 is 1.10 bits per heavy atom. The molecule has 0 aromatic heterocycles. The van der Waals surface area contributed by atoms with Crippen molar-refractivity contribution in [3.63, 3.8) is 0 Å². The van der Waals surface area contributed by atoms with E-state index in [9.17, 15) is 14.4 Å². The van der Waals surface area contributed by atoms with Crippen molar-refractivity contribution in [1.82, 2.24) is 0 Å². The molecule has 158 valence electrons. The Labute approximate surface area is 179 Å². The topological polar surface area (TPSA) is 82.1 Å². The third kappa shape index (κ3) is 4.57. The van der Waals surface area contributed by atoms with Crippen molar-refractivity contribution >= 4 is 34.9 Å². The number of methoxy groups -OCH3 is 2. The van der Waals surface area contributed by atoms with E-state index in [1.807, 2.05) is 0 Å². The van der Waals surface area contributed by atoms with Crippen molar-refractivity contribution in [2.24, 2.45) is 5.92 Å². The van der Waals surface area contributed by atoms with Gasteiger partial charge in [0.2, 0.25) is 11.7 Å². The van der Waals surface area contributed by atoms with E-state index < -0.39 is 18.0 Å². The first kappa shape index (κ1) is 21.6. The molecule has 1 heterocycles. The second-order valence-corrected chi connectivity index (χ2v) is 7.33. The van der Waals surface area contributed by atoms with Crippen LogP contribution in [0.25, 0.3) is 0 Å². The maximum absolute atomic E-state index is 12.6. The second-order valence-electron chi connectivity index (χ2n) is 6.89. The summed E-state index contributed by atoms with van der Waals surface area (Å²) in [6, 6.07) is 11.4. The van der Waals surface area contributed by atoms with E-state index in [-0.39, 0.29) is 24.7 Å². The maximum Gasteiger partial charge on any atom is 0.312 e. The van der Waals surface area contributed by atoms with Crippen LogP contribution in [-0.2, 0) is 14.3 Å². The summed E-state index contributed by atoms with van der Waals surface area (Å²) in [7, 11) is 3.03. The molecule has 0 aliphatic carbocycles. The van der Waals surface area contributed by atoms with Gasteiger partial charge in [-0.15, -0.1) is 0 Å². The van der Waals surface area contributed by atoms with E-state index >= 15 is 0 Å². The molecule has 0 unspecified atom stereocenters. The molecule has 3 rings (SSSR count). The predicted octanol–water partition coefficient (Wildman–Crippen LogP) is 3.52. The van der Waals surface area contributed by atoms with Crippen LogP contribution in [0.5, 0.6) is 11.5 Å². The number of rotatable bonds is 7. The Hall–Kier alpha value is -3.06. The standard InChI is InChI=1S/C22H22ClNO6/c1-13(21(26)14-4-6-16(23)7-5-14)30-22(27)15-10-20(25)24(12-15)18-9-8-17(28-2)11-19(18)29-3/h4-9,11,13,15H,10,12H2,1-3H3/t13-,15-/m0/s1. The number of halogens is 1. The molecule has 2 atom stereocenters. The number of benzene rings is 2. The van der Waals surface area contributed by atoms with Crippen LogP contribution >= 0.6 is 11.6 Å². The lowest BCUT2D eigenvalue weighted by atomic mass is 10.1. The molecule has 1 saturated heterocycles. The number of hydrogen-bond acceptors (Lipinski definition) is 6. The molecule has 2 aromatic rings. The maximum atomic E-state index is 12.6. The van der Waals surface area contributed by atoms with Gasteiger partial charge in [-0.3, -0.25) is 14.4 Å². The average molecular weight is 432 g/mol. The minimum Gasteiger partial charge on any atom is -0.497 e. The van der Waals surface area contributed by atoms with E-state index in [2.05, 4.69) is 0 Å². The lowest BCUT2D eigenvalue weighted by molar-refractivity contribution is -0.151. The molecule has 7 nitrogen and oxygen atoms in total. The van der Waals surface area contributed by atoms with Crippen molar-refractivity contribution in [2.75, 3.05) is 25.7 Å². The van der Waals surface area contributed by atoms with Crippen LogP contribution in [0.15, 0.2) is 42.5 Å². The van der Waals surface area contributed by atoms with Gasteiger partial charge < -0.3 is 19.1 Å². The number of ketones is 1. The molecular formula is C22H22ClNO6. The van der Waals surface area contributed by atoms with Crippen molar-refractivity contribution in [1.29, 1.82) is 0 Å². The fourth-order valence-electron chi connectivity index (χ4n) is 3.28. The lowest BCUT2D eigenvalue weighted by Crippen LogP contribution is -2.30. The Morgan fingerprint density at radius 3 is 2.43 bits per heavy atom. The number of hydrogen-bond donors (Lipinski definition) is 0. The molecule has 2 aromatic carbocycles. The molecule has 1 aliphatic heterocycles. The summed E-state index contributed by atoms with van der Waals surface area (Å²) in [5.74, 6) is -0.774. The van der Waals surface area contributed by atoms with Crippen LogP contribution in [0, 0.1) is 5.92 Å². The molecule has 1 aliphatic rings. The summed E-state index contributed by atoms with van der Waals surface area (Å²) in [6.45, 7) is 1.65. The number of anilines is 1. The van der Waals surface area contributed by atoms with Crippen LogP contribution in [0.3, 0.4) is 0 Å². The molecule has 1 amide bonds. The SMILES string of the molecule is COc1ccc(N2C[C@@H](C(=O)O[C@@H](C)C(=O)c3ccc(Cl)cc3)CC2=O)c(OC)c1. The van der Waals surface area contributed by atoms with Crippen molar-refractivity contribution in [3.05, 3.63) is 53.1 Å². The van der Waals surface area contributed by atoms with Gasteiger partial charge in [0.05, 0.1) is 25.8 Å². The van der Waals surface area contributed by atoms with Gasteiger partial charge in [0.15, 0.2) is 6.10 Å². The number of carbonyl (C=O) groups excluding carboxylic acids is 3. The number of nitrogens with zero attached hydrogens (tertiary/aromatic N) is 1. The summed E-state index contributed by atoms with van der Waals surface area (Å²) in [5.41, 5.74) is 0.940. The average Bonchev–Trinajstić information content (AvgIpc) is 3.14. The molecule has 0 radical (unpaired) electrons. The largest absolute Gasteiger partial charge is 0.497 e. The van der Waals surface area contributed by atoms with Gasteiger partial charge in [0.25, 0.3) is 0 Å². The number of amides is 1. The predicted molar refractivity (Wildman–Crippen MR) is 111 cm³/mol. The first-order valence-corrected chi connectivity index (χ1v) is 9.74. The zero-order chi connectivity index (χ0) is 21.8. The lowest BCUT2D eigenvalue weighted by Gasteiger charge is -2.20. The molecule has 8 heteroatoms. The van der Waals surface area contributed by atoms with Crippen LogP contribution in [0.1, 0.15) is 23.7 Å². The monoisotopic (exact) mass is 431 g/mol. The van der Waals surface area contributed by atoms with Crippen molar-refractivity contribution in [2.45, 2.75) is 19.4 Å². The van der Waals surface area contributed by atoms with Gasteiger partial charge in [0.1, 0.15) is 11.5 Å². The summed E-state index contributed by atoms with van der Waals surface area (Å²) in [4.78, 5) is 39.1. The molecule has 0 spiro atoms. The number of ether oxygens (including phenoxy) is 3. The van der Waals surface area contributed by atoms with Gasteiger partial charge in [-0.05, 0) is 43.3 Å². The Morgan fingerprint density at radius 2 is 1.80 bits per heavy atom. The Bertz CT molecular complexity index is 959. The van der Waals surface area contributed by atoms with Crippen LogP contribution in [-0.4, -0.2) is 44.5 Å². The van der Waals surface area contributed by atoms with E-state index in [0.717, 1.165) is 0 Å². The summed E-state index contributed by atoms with van der Waals surface area (Å²) in [5, 5.41) is 0.509. The summed E-state index contributed by atoms with van der Waals surface area (Å²) < 4.78 is 15.9. The second kappa shape index (κ2) is 9.17. The Kier molecular flexibility index (Phi) is 6.62. The fraction of sp³-hybridized carbons (Fsp3) is 0.318. The van der Waals surface area contributed by atoms with E-state index in [4.69, 9.17) is 25.8 Å². The van der Waals surface area contributed by atoms with Crippen LogP contribution < -0.4 is 14.4 Å². The first-order valence-electron chi connectivity index (χ1n) is 9.36. The zero-order valence-corrected chi connectivity index (χ0v) is 17.6. The van der Waals surface area contributed by atoms with Crippen molar-refractivity contribution in [3.8, 4) is 11.5 Å². The molecule has 30 heavy (non-hydrogen) atoms. The van der Waals surface area contributed by atoms with Gasteiger partial charge in [-0.25, -0.2) is 0 Å². The van der Waals surface area contributed by atoms with E-state index in [0.29, 0.717) is 27.8 Å². The van der Waals surface area contributed by atoms with E-state index in [1.165, 1.54) is 26.0 Å². The highest BCUT2D eigenvalue weighted by Gasteiger charge is 2.38.